The van der Waals surface area contributed by atoms with Gasteiger partial charge in [0.15, 0.2) is 0 Å². The lowest BCUT2D eigenvalue weighted by Crippen LogP contribution is -2.35. The third kappa shape index (κ3) is 3.58. The van der Waals surface area contributed by atoms with Gasteiger partial charge in [0.1, 0.15) is 5.00 Å². The minimum Gasteiger partial charge on any atom is -0.462 e. The van der Waals surface area contributed by atoms with Gasteiger partial charge >= 0.3 is 5.97 Å². The monoisotopic (exact) mass is 298 g/mol. The molecule has 6 heteroatoms. The van der Waals surface area contributed by atoms with Crippen LogP contribution in [0.4, 0.5) is 5.00 Å². The Kier molecular flexibility index (Phi) is 6.16. The Morgan fingerprint density at radius 1 is 1.35 bits per heavy atom. The molecule has 0 radical (unpaired) electrons. The molecule has 1 atom stereocenters. The number of amides is 1. The van der Waals surface area contributed by atoms with Crippen LogP contribution in [0, 0.1) is 6.92 Å². The highest BCUT2D eigenvalue weighted by Gasteiger charge is 2.24. The van der Waals surface area contributed by atoms with Crippen molar-refractivity contribution in [1.29, 1.82) is 0 Å². The molecule has 1 aromatic rings. The SMILES string of the molecule is CCOC(=O)c1c(NC(=O)[C@@H](N)CC)sc(C)c1CC. The number of esters is 1. The molecule has 0 aliphatic heterocycles. The van der Waals surface area contributed by atoms with E-state index in [9.17, 15) is 9.59 Å². The lowest BCUT2D eigenvalue weighted by Gasteiger charge is -2.10. The van der Waals surface area contributed by atoms with Gasteiger partial charge in [-0.05, 0) is 32.3 Å². The molecule has 20 heavy (non-hydrogen) atoms. The van der Waals surface area contributed by atoms with E-state index in [0.29, 0.717) is 30.0 Å². The normalized spacial score (nSPS) is 12.1. The van der Waals surface area contributed by atoms with Gasteiger partial charge in [-0.2, -0.15) is 0 Å². The summed E-state index contributed by atoms with van der Waals surface area (Å²) in [6, 6.07) is -0.572. The highest BCUT2D eigenvalue weighted by molar-refractivity contribution is 7.16. The zero-order chi connectivity index (χ0) is 15.3. The van der Waals surface area contributed by atoms with Crippen LogP contribution >= 0.6 is 11.3 Å². The third-order valence-corrected chi connectivity index (χ3v) is 4.12. The molecule has 1 amide bonds. The molecule has 0 aliphatic rings. The molecule has 0 aromatic carbocycles. The minimum atomic E-state index is -0.572. The van der Waals surface area contributed by atoms with Crippen molar-refractivity contribution in [3.63, 3.8) is 0 Å². The van der Waals surface area contributed by atoms with Crippen molar-refractivity contribution in [1.82, 2.24) is 0 Å². The highest BCUT2D eigenvalue weighted by atomic mass is 32.1. The Balaban J connectivity index is 3.12. The molecule has 0 bridgehead atoms. The molecule has 0 aliphatic carbocycles. The molecule has 5 nitrogen and oxygen atoms in total. The maximum absolute atomic E-state index is 12.1. The maximum Gasteiger partial charge on any atom is 0.341 e. The first kappa shape index (κ1) is 16.7. The summed E-state index contributed by atoms with van der Waals surface area (Å²) >= 11 is 1.39. The molecule has 0 unspecified atom stereocenters. The number of hydrogen-bond donors (Lipinski definition) is 2. The minimum absolute atomic E-state index is 0.276. The van der Waals surface area contributed by atoms with E-state index in [1.165, 1.54) is 11.3 Å². The van der Waals surface area contributed by atoms with Crippen LogP contribution in [0.2, 0.25) is 0 Å². The van der Waals surface area contributed by atoms with Crippen LogP contribution in [0.5, 0.6) is 0 Å². The summed E-state index contributed by atoms with van der Waals surface area (Å²) in [5.41, 5.74) is 7.09. The Hall–Kier alpha value is -1.40. The van der Waals surface area contributed by atoms with Gasteiger partial charge in [-0.25, -0.2) is 4.79 Å². The molecule has 112 valence electrons. The fraction of sp³-hybridized carbons (Fsp3) is 0.571. The smallest absolute Gasteiger partial charge is 0.341 e. The van der Waals surface area contributed by atoms with Gasteiger partial charge in [-0.15, -0.1) is 11.3 Å². The number of carbonyl (C=O) groups is 2. The van der Waals surface area contributed by atoms with Crippen LogP contribution in [-0.4, -0.2) is 24.5 Å². The predicted molar refractivity (Wildman–Crippen MR) is 81.3 cm³/mol. The molecule has 1 heterocycles. The molecular formula is C14H22N2O3S. The van der Waals surface area contributed by atoms with Gasteiger partial charge in [0, 0.05) is 4.88 Å². The first-order chi connectivity index (χ1) is 9.46. The van der Waals surface area contributed by atoms with Crippen LogP contribution < -0.4 is 11.1 Å². The number of aryl methyl sites for hydroxylation is 1. The molecular weight excluding hydrogens is 276 g/mol. The van der Waals surface area contributed by atoms with Crippen LogP contribution in [-0.2, 0) is 16.0 Å². The second-order valence-corrected chi connectivity index (χ2v) is 5.64. The van der Waals surface area contributed by atoms with Gasteiger partial charge in [0.05, 0.1) is 18.2 Å². The summed E-state index contributed by atoms with van der Waals surface area (Å²) in [6.45, 7) is 7.81. The Morgan fingerprint density at radius 2 is 2.00 bits per heavy atom. The quantitative estimate of drug-likeness (QED) is 0.790. The van der Waals surface area contributed by atoms with Crippen molar-refractivity contribution in [2.24, 2.45) is 5.73 Å². The summed E-state index contributed by atoms with van der Waals surface area (Å²) in [5, 5.41) is 3.28. The van der Waals surface area contributed by atoms with E-state index < -0.39 is 12.0 Å². The molecule has 0 fully saturated rings. The van der Waals surface area contributed by atoms with E-state index in [-0.39, 0.29) is 5.91 Å². The number of ether oxygens (including phenoxy) is 1. The van der Waals surface area contributed by atoms with Crippen molar-refractivity contribution in [2.75, 3.05) is 11.9 Å². The molecule has 0 saturated heterocycles. The lowest BCUT2D eigenvalue weighted by atomic mass is 10.1. The van der Waals surface area contributed by atoms with Gasteiger partial charge in [-0.3, -0.25) is 4.79 Å². The topological polar surface area (TPSA) is 81.4 Å². The third-order valence-electron chi connectivity index (χ3n) is 3.06. The number of nitrogens with two attached hydrogens (primary N) is 1. The van der Waals surface area contributed by atoms with Crippen LogP contribution in [0.3, 0.4) is 0 Å². The maximum atomic E-state index is 12.1. The van der Waals surface area contributed by atoms with Gasteiger partial charge < -0.3 is 15.8 Å². The van der Waals surface area contributed by atoms with E-state index in [0.717, 1.165) is 10.4 Å². The predicted octanol–water partition coefficient (Wildman–Crippen LogP) is 2.47. The highest BCUT2D eigenvalue weighted by Crippen LogP contribution is 2.34. The lowest BCUT2D eigenvalue weighted by molar-refractivity contribution is -0.117. The number of nitrogens with one attached hydrogen (secondary N) is 1. The van der Waals surface area contributed by atoms with Crippen molar-refractivity contribution in [3.8, 4) is 0 Å². The van der Waals surface area contributed by atoms with Gasteiger partial charge in [-0.1, -0.05) is 13.8 Å². The summed E-state index contributed by atoms with van der Waals surface area (Å²) in [4.78, 5) is 25.0. The molecule has 3 N–H and O–H groups in total. The number of carbonyl (C=O) groups excluding carboxylic acids is 2. The number of anilines is 1. The Morgan fingerprint density at radius 3 is 2.50 bits per heavy atom. The van der Waals surface area contributed by atoms with Gasteiger partial charge in [0.2, 0.25) is 5.91 Å². The Labute approximate surface area is 123 Å². The number of hydrogen-bond acceptors (Lipinski definition) is 5. The summed E-state index contributed by atoms with van der Waals surface area (Å²) in [5.74, 6) is -0.670. The van der Waals surface area contributed by atoms with Gasteiger partial charge in [0.25, 0.3) is 0 Å². The first-order valence-corrected chi connectivity index (χ1v) is 7.63. The zero-order valence-corrected chi connectivity index (χ0v) is 13.2. The molecule has 1 rings (SSSR count). The van der Waals surface area contributed by atoms with E-state index >= 15 is 0 Å². The molecule has 0 spiro atoms. The zero-order valence-electron chi connectivity index (χ0n) is 12.4. The van der Waals surface area contributed by atoms with Crippen LogP contribution in [0.25, 0.3) is 0 Å². The van der Waals surface area contributed by atoms with E-state index in [1.807, 2.05) is 20.8 Å². The average Bonchev–Trinajstić information content (AvgIpc) is 2.73. The van der Waals surface area contributed by atoms with Crippen LogP contribution in [0.15, 0.2) is 0 Å². The fourth-order valence-corrected chi connectivity index (χ4v) is 3.04. The largest absolute Gasteiger partial charge is 0.462 e. The van der Waals surface area contributed by atoms with E-state index in [4.69, 9.17) is 10.5 Å². The fourth-order valence-electron chi connectivity index (χ4n) is 1.90. The van der Waals surface area contributed by atoms with Crippen molar-refractivity contribution in [2.45, 2.75) is 46.6 Å². The summed E-state index contributed by atoms with van der Waals surface area (Å²) in [7, 11) is 0. The summed E-state index contributed by atoms with van der Waals surface area (Å²) < 4.78 is 5.08. The Bertz CT molecular complexity index is 497. The van der Waals surface area contributed by atoms with E-state index in [1.54, 1.807) is 6.92 Å². The second kappa shape index (κ2) is 7.40. The standard InChI is InChI=1S/C14H22N2O3S/c1-5-9-8(4)20-13(11(9)14(18)19-7-3)16-12(17)10(15)6-2/h10H,5-7,15H2,1-4H3,(H,16,17)/t10-/m0/s1. The molecule has 0 saturated carbocycles. The van der Waals surface area contributed by atoms with Crippen molar-refractivity contribution < 1.29 is 14.3 Å². The molecule has 1 aromatic heterocycles. The second-order valence-electron chi connectivity index (χ2n) is 4.42. The number of thiophene rings is 1. The van der Waals surface area contributed by atoms with Crippen LogP contribution in [0.1, 0.15) is 48.0 Å². The average molecular weight is 298 g/mol. The first-order valence-electron chi connectivity index (χ1n) is 6.81. The van der Waals surface area contributed by atoms with E-state index in [2.05, 4.69) is 5.32 Å². The van der Waals surface area contributed by atoms with Crippen molar-refractivity contribution in [3.05, 3.63) is 16.0 Å². The summed E-state index contributed by atoms with van der Waals surface area (Å²) in [6.07, 6.45) is 1.26. The number of rotatable bonds is 6. The van der Waals surface area contributed by atoms with Crippen molar-refractivity contribution >= 4 is 28.2 Å².